The summed E-state index contributed by atoms with van der Waals surface area (Å²) in [5, 5.41) is 0. The molecule has 118 valence electrons. The van der Waals surface area contributed by atoms with Crippen molar-refractivity contribution >= 4 is 33.4 Å². The molecule has 0 fully saturated rings. The summed E-state index contributed by atoms with van der Waals surface area (Å²) in [6, 6.07) is 13.3. The summed E-state index contributed by atoms with van der Waals surface area (Å²) < 4.78 is 3.03. The van der Waals surface area contributed by atoms with Crippen LogP contribution in [-0.4, -0.2) is 25.8 Å². The molecule has 24 heavy (non-hydrogen) atoms. The molecule has 0 aliphatic rings. The van der Waals surface area contributed by atoms with Crippen LogP contribution >= 0.6 is 23.1 Å². The van der Waals surface area contributed by atoms with E-state index in [-0.39, 0.29) is 5.56 Å². The molecule has 0 aliphatic carbocycles. The van der Waals surface area contributed by atoms with Crippen LogP contribution in [0.5, 0.6) is 0 Å². The van der Waals surface area contributed by atoms with E-state index in [0.29, 0.717) is 16.2 Å². The Morgan fingerprint density at radius 3 is 2.50 bits per heavy atom. The molecular weight excluding hydrogens is 340 g/mol. The predicted molar refractivity (Wildman–Crippen MR) is 98.0 cm³/mol. The van der Waals surface area contributed by atoms with Gasteiger partial charge in [-0.15, -0.1) is 11.3 Å². The highest BCUT2D eigenvalue weighted by molar-refractivity contribution is 8.00. The van der Waals surface area contributed by atoms with Crippen molar-refractivity contribution < 1.29 is 0 Å². The van der Waals surface area contributed by atoms with Crippen LogP contribution in [0, 0.1) is 0 Å². The zero-order chi connectivity index (χ0) is 16.5. The molecule has 0 amide bonds. The number of pyridine rings is 1. The van der Waals surface area contributed by atoms with E-state index in [1.54, 1.807) is 29.1 Å². The monoisotopic (exact) mass is 352 g/mol. The highest BCUT2D eigenvalue weighted by Gasteiger charge is 2.17. The van der Waals surface area contributed by atoms with Gasteiger partial charge in [-0.25, -0.2) is 9.97 Å². The summed E-state index contributed by atoms with van der Waals surface area (Å²) in [6.45, 7) is 0. The van der Waals surface area contributed by atoms with Gasteiger partial charge in [-0.2, -0.15) is 0 Å². The average Bonchev–Trinajstić information content (AvgIpc) is 3.07. The Labute approximate surface area is 146 Å². The van der Waals surface area contributed by atoms with E-state index in [0.717, 1.165) is 15.6 Å². The number of hydrogen-bond acceptors (Lipinski definition) is 6. The van der Waals surface area contributed by atoms with Gasteiger partial charge < -0.3 is 0 Å². The maximum Gasteiger partial charge on any atom is 0.278 e. The smallest absolute Gasteiger partial charge is 0.267 e. The molecule has 7 heteroatoms. The van der Waals surface area contributed by atoms with Gasteiger partial charge in [-0.1, -0.05) is 42.1 Å². The Kier molecular flexibility index (Phi) is 3.87. The molecule has 3 heterocycles. The molecule has 0 bridgehead atoms. The normalized spacial score (nSPS) is 11.0. The molecule has 0 radical (unpaired) electrons. The largest absolute Gasteiger partial charge is 0.278 e. The summed E-state index contributed by atoms with van der Waals surface area (Å²) in [5.41, 5.74) is 2.00. The third-order valence-corrected chi connectivity index (χ3v) is 5.56. The van der Waals surface area contributed by atoms with E-state index < -0.39 is 0 Å². The summed E-state index contributed by atoms with van der Waals surface area (Å²) in [5.74, 6) is 0.581. The zero-order valence-electron chi connectivity index (χ0n) is 12.7. The lowest BCUT2D eigenvalue weighted by atomic mass is 10.2. The molecule has 3 aromatic heterocycles. The molecule has 4 rings (SSSR count). The Hall–Kier alpha value is -2.51. The number of benzene rings is 1. The fraction of sp³-hybridized carbons (Fsp3) is 0.0588. The fourth-order valence-electron chi connectivity index (χ4n) is 2.46. The fourth-order valence-corrected chi connectivity index (χ4v) is 3.89. The summed E-state index contributed by atoms with van der Waals surface area (Å²) in [6.07, 6.45) is 5.28. The highest BCUT2D eigenvalue weighted by Crippen LogP contribution is 2.28. The summed E-state index contributed by atoms with van der Waals surface area (Å²) in [7, 11) is 0. The van der Waals surface area contributed by atoms with Gasteiger partial charge in [-0.3, -0.25) is 14.3 Å². The standard InChI is InChI=1S/C17H12N4OS2/c1-23-17-20-14-13(24-17)16(22)21(12-7-9-18-10-8-12)15(19-14)11-5-3-2-4-6-11/h2-10H,1H3. The van der Waals surface area contributed by atoms with Crippen molar-refractivity contribution in [3.63, 3.8) is 0 Å². The van der Waals surface area contributed by atoms with Gasteiger partial charge >= 0.3 is 0 Å². The summed E-state index contributed by atoms with van der Waals surface area (Å²) >= 11 is 2.89. The van der Waals surface area contributed by atoms with E-state index in [2.05, 4.69) is 15.0 Å². The van der Waals surface area contributed by atoms with E-state index in [1.165, 1.54) is 23.1 Å². The first-order valence-electron chi connectivity index (χ1n) is 7.21. The third kappa shape index (κ3) is 2.51. The van der Waals surface area contributed by atoms with E-state index in [4.69, 9.17) is 0 Å². The number of hydrogen-bond donors (Lipinski definition) is 0. The van der Waals surface area contributed by atoms with Crippen molar-refractivity contribution in [1.82, 2.24) is 19.5 Å². The van der Waals surface area contributed by atoms with Crippen LogP contribution in [0.25, 0.3) is 27.4 Å². The molecule has 5 nitrogen and oxygen atoms in total. The van der Waals surface area contributed by atoms with E-state index in [9.17, 15) is 4.79 Å². The van der Waals surface area contributed by atoms with E-state index >= 15 is 0 Å². The van der Waals surface area contributed by atoms with Crippen LogP contribution in [0.3, 0.4) is 0 Å². The van der Waals surface area contributed by atoms with E-state index in [1.807, 2.05) is 36.6 Å². The first-order chi connectivity index (χ1) is 11.8. The number of thioether (sulfide) groups is 1. The van der Waals surface area contributed by atoms with Crippen LogP contribution in [0.2, 0.25) is 0 Å². The summed E-state index contributed by atoms with van der Waals surface area (Å²) in [4.78, 5) is 26.3. The molecule has 4 aromatic rings. The van der Waals surface area contributed by atoms with Gasteiger partial charge in [0.1, 0.15) is 10.5 Å². The van der Waals surface area contributed by atoms with Crippen LogP contribution < -0.4 is 5.56 Å². The second-order valence-corrected chi connectivity index (χ2v) is 7.04. The molecule has 0 saturated heterocycles. The first kappa shape index (κ1) is 15.0. The maximum absolute atomic E-state index is 13.1. The van der Waals surface area contributed by atoms with Gasteiger partial charge in [0.2, 0.25) is 0 Å². The number of rotatable bonds is 3. The molecule has 0 saturated carbocycles. The first-order valence-corrected chi connectivity index (χ1v) is 9.25. The molecular formula is C17H12N4OS2. The SMILES string of the molecule is CSc1nc2nc(-c3ccccc3)n(-c3ccncc3)c(=O)c2s1. The van der Waals surface area contributed by atoms with Crippen molar-refractivity contribution in [2.75, 3.05) is 6.26 Å². The minimum atomic E-state index is -0.108. The molecule has 0 spiro atoms. The van der Waals surface area contributed by atoms with Crippen LogP contribution in [0.1, 0.15) is 0 Å². The minimum absolute atomic E-state index is 0.108. The molecule has 0 aliphatic heterocycles. The Morgan fingerprint density at radius 2 is 1.79 bits per heavy atom. The Bertz CT molecular complexity index is 1060. The average molecular weight is 352 g/mol. The van der Waals surface area contributed by atoms with Crippen molar-refractivity contribution in [1.29, 1.82) is 0 Å². The molecule has 0 N–H and O–H groups in total. The number of fused-ring (bicyclic) bond motifs is 1. The van der Waals surface area contributed by atoms with Crippen LogP contribution in [0.4, 0.5) is 0 Å². The maximum atomic E-state index is 13.1. The molecule has 1 aromatic carbocycles. The second kappa shape index (κ2) is 6.18. The molecule has 0 atom stereocenters. The predicted octanol–water partition coefficient (Wildman–Crippen LogP) is 3.63. The van der Waals surface area contributed by atoms with Crippen molar-refractivity contribution in [2.45, 2.75) is 4.34 Å². The number of nitrogens with zero attached hydrogens (tertiary/aromatic N) is 4. The van der Waals surface area contributed by atoms with Gasteiger partial charge in [0.05, 0.1) is 5.69 Å². The lowest BCUT2D eigenvalue weighted by molar-refractivity contribution is 0.968. The molecule has 0 unspecified atom stereocenters. The van der Waals surface area contributed by atoms with Gasteiger partial charge in [0.25, 0.3) is 5.56 Å². The lowest BCUT2D eigenvalue weighted by Crippen LogP contribution is -2.21. The van der Waals surface area contributed by atoms with Gasteiger partial charge in [0, 0.05) is 18.0 Å². The topological polar surface area (TPSA) is 60.7 Å². The Morgan fingerprint density at radius 1 is 1.04 bits per heavy atom. The van der Waals surface area contributed by atoms with Crippen LogP contribution in [0.15, 0.2) is 64.0 Å². The van der Waals surface area contributed by atoms with Gasteiger partial charge in [0.15, 0.2) is 9.99 Å². The highest BCUT2D eigenvalue weighted by atomic mass is 32.2. The quantitative estimate of drug-likeness (QED) is 0.527. The third-order valence-electron chi connectivity index (χ3n) is 3.54. The number of thiazole rings is 1. The number of aromatic nitrogens is 4. The van der Waals surface area contributed by atoms with Crippen molar-refractivity contribution in [3.8, 4) is 17.1 Å². The second-order valence-electron chi connectivity index (χ2n) is 4.98. The minimum Gasteiger partial charge on any atom is -0.267 e. The lowest BCUT2D eigenvalue weighted by Gasteiger charge is -2.11. The van der Waals surface area contributed by atoms with Gasteiger partial charge in [-0.05, 0) is 18.4 Å². The Balaban J connectivity index is 2.10. The van der Waals surface area contributed by atoms with Crippen molar-refractivity contribution in [3.05, 3.63) is 65.2 Å². The van der Waals surface area contributed by atoms with Crippen LogP contribution in [-0.2, 0) is 0 Å². The van der Waals surface area contributed by atoms with Crippen molar-refractivity contribution in [2.24, 2.45) is 0 Å². The zero-order valence-corrected chi connectivity index (χ0v) is 14.3.